The predicted octanol–water partition coefficient (Wildman–Crippen LogP) is 3.36. The Morgan fingerprint density at radius 2 is 1.63 bits per heavy atom. The average molecular weight is 479 g/mol. The van der Waals surface area contributed by atoms with Crippen molar-refractivity contribution in [1.82, 2.24) is 15.1 Å². The summed E-state index contributed by atoms with van der Waals surface area (Å²) in [6, 6.07) is 16.4. The molecule has 0 bridgehead atoms. The van der Waals surface area contributed by atoms with Crippen LogP contribution < -0.4 is 20.7 Å². The van der Waals surface area contributed by atoms with Crippen LogP contribution in [-0.2, 0) is 6.54 Å². The molecule has 0 atom stereocenters. The number of hydrogen-bond donors (Lipinski definition) is 0. The Morgan fingerprint density at radius 3 is 2.26 bits per heavy atom. The van der Waals surface area contributed by atoms with Crippen LogP contribution in [0.2, 0.25) is 0 Å². The molecule has 5 rings (SSSR count). The SMILES string of the molecule is CN1CCN(c2c(N(Cc3ccc(-c4nnc(C(F)F)o4)cc3)c3ccccc3)c(=O)c2=O)CC1. The van der Waals surface area contributed by atoms with Gasteiger partial charge < -0.3 is 19.1 Å². The third-order valence-electron chi connectivity index (χ3n) is 6.19. The first kappa shape index (κ1) is 22.9. The molecule has 180 valence electrons. The fourth-order valence-corrected chi connectivity index (χ4v) is 4.22. The number of piperazine rings is 1. The van der Waals surface area contributed by atoms with E-state index in [0.29, 0.717) is 36.6 Å². The van der Waals surface area contributed by atoms with Gasteiger partial charge in [-0.25, -0.2) is 0 Å². The highest BCUT2D eigenvalue weighted by Gasteiger charge is 2.32. The fraction of sp³-hybridized carbons (Fsp3) is 0.280. The lowest BCUT2D eigenvalue weighted by atomic mass is 10.1. The molecule has 1 saturated heterocycles. The van der Waals surface area contributed by atoms with Crippen LogP contribution in [0.25, 0.3) is 11.5 Å². The van der Waals surface area contributed by atoms with Gasteiger partial charge in [-0.05, 0) is 36.9 Å². The van der Waals surface area contributed by atoms with Gasteiger partial charge in [-0.3, -0.25) is 9.59 Å². The first-order valence-corrected chi connectivity index (χ1v) is 11.2. The van der Waals surface area contributed by atoms with Crippen LogP contribution in [-0.4, -0.2) is 48.3 Å². The first-order valence-electron chi connectivity index (χ1n) is 11.2. The molecule has 1 aliphatic rings. The number of aromatic nitrogens is 2. The zero-order chi connectivity index (χ0) is 24.5. The summed E-state index contributed by atoms with van der Waals surface area (Å²) in [5, 5.41) is 7.04. The van der Waals surface area contributed by atoms with E-state index in [1.54, 1.807) is 24.3 Å². The molecule has 35 heavy (non-hydrogen) atoms. The number of benzene rings is 2. The largest absolute Gasteiger partial charge is 0.415 e. The van der Waals surface area contributed by atoms with Crippen LogP contribution in [0, 0.1) is 0 Å². The number of alkyl halides is 2. The lowest BCUT2D eigenvalue weighted by Crippen LogP contribution is -2.51. The van der Waals surface area contributed by atoms with Gasteiger partial charge in [0.15, 0.2) is 0 Å². The maximum atomic E-state index is 12.8. The van der Waals surface area contributed by atoms with Crippen molar-refractivity contribution in [2.45, 2.75) is 13.0 Å². The van der Waals surface area contributed by atoms with Crippen molar-refractivity contribution < 1.29 is 13.2 Å². The van der Waals surface area contributed by atoms with Gasteiger partial charge in [-0.2, -0.15) is 8.78 Å². The lowest BCUT2D eigenvalue weighted by Gasteiger charge is -2.37. The maximum Gasteiger partial charge on any atom is 0.314 e. The Hall–Kier alpha value is -3.92. The van der Waals surface area contributed by atoms with E-state index in [4.69, 9.17) is 4.42 Å². The molecule has 0 unspecified atom stereocenters. The Balaban J connectivity index is 1.45. The number of para-hydroxylation sites is 1. The number of halogens is 2. The van der Waals surface area contributed by atoms with Gasteiger partial charge in [0.2, 0.25) is 5.89 Å². The number of anilines is 3. The fourth-order valence-electron chi connectivity index (χ4n) is 4.22. The predicted molar refractivity (Wildman–Crippen MR) is 128 cm³/mol. The van der Waals surface area contributed by atoms with Crippen molar-refractivity contribution in [3.8, 4) is 11.5 Å². The van der Waals surface area contributed by atoms with Gasteiger partial charge in [0, 0.05) is 44.0 Å². The van der Waals surface area contributed by atoms with Crippen LogP contribution in [0.4, 0.5) is 25.8 Å². The Labute approximate surface area is 199 Å². The van der Waals surface area contributed by atoms with Crippen molar-refractivity contribution in [3.05, 3.63) is 86.5 Å². The number of hydrogen-bond acceptors (Lipinski definition) is 8. The Morgan fingerprint density at radius 1 is 0.943 bits per heavy atom. The summed E-state index contributed by atoms with van der Waals surface area (Å²) in [5.74, 6) is -0.720. The highest BCUT2D eigenvalue weighted by Crippen LogP contribution is 2.33. The summed E-state index contributed by atoms with van der Waals surface area (Å²) in [4.78, 5) is 31.5. The number of nitrogens with zero attached hydrogens (tertiary/aromatic N) is 5. The van der Waals surface area contributed by atoms with Crippen molar-refractivity contribution in [3.63, 3.8) is 0 Å². The van der Waals surface area contributed by atoms with Crippen LogP contribution in [0.15, 0.2) is 68.6 Å². The molecule has 0 N–H and O–H groups in total. The molecule has 10 heteroatoms. The summed E-state index contributed by atoms with van der Waals surface area (Å²) in [6.45, 7) is 3.32. The summed E-state index contributed by atoms with van der Waals surface area (Å²) in [6.07, 6.45) is -2.83. The van der Waals surface area contributed by atoms with E-state index in [2.05, 4.69) is 15.1 Å². The molecule has 0 amide bonds. The molecular formula is C25H23F2N5O3. The molecule has 0 saturated carbocycles. The van der Waals surface area contributed by atoms with E-state index in [0.717, 1.165) is 24.3 Å². The van der Waals surface area contributed by atoms with E-state index in [9.17, 15) is 18.4 Å². The van der Waals surface area contributed by atoms with E-state index in [1.807, 2.05) is 47.2 Å². The molecule has 1 fully saturated rings. The zero-order valence-electron chi connectivity index (χ0n) is 19.0. The summed E-state index contributed by atoms with van der Waals surface area (Å²) in [7, 11) is 2.03. The lowest BCUT2D eigenvalue weighted by molar-refractivity contribution is 0.116. The van der Waals surface area contributed by atoms with E-state index in [-0.39, 0.29) is 5.89 Å². The molecule has 2 heterocycles. The van der Waals surface area contributed by atoms with Crippen LogP contribution in [0.1, 0.15) is 17.9 Å². The molecule has 1 aliphatic heterocycles. The molecule has 0 spiro atoms. The zero-order valence-corrected chi connectivity index (χ0v) is 19.0. The van der Waals surface area contributed by atoms with Crippen LogP contribution in [0.5, 0.6) is 0 Å². The standard InChI is InChI=1S/C25H23F2N5O3/c1-30-11-13-31(14-12-30)19-20(22(34)21(19)33)32(18-5-3-2-4-6-18)15-16-7-9-17(10-8-16)24-28-29-25(35-24)23(26)27/h2-10,23H,11-15H2,1H3. The highest BCUT2D eigenvalue weighted by molar-refractivity contribution is 5.81. The third kappa shape index (κ3) is 4.44. The van der Waals surface area contributed by atoms with Crippen molar-refractivity contribution >= 4 is 17.1 Å². The van der Waals surface area contributed by atoms with Gasteiger partial charge >= 0.3 is 6.43 Å². The molecule has 0 aliphatic carbocycles. The van der Waals surface area contributed by atoms with Crippen molar-refractivity contribution in [2.75, 3.05) is 43.0 Å². The Bertz CT molecular complexity index is 1370. The monoisotopic (exact) mass is 479 g/mol. The van der Waals surface area contributed by atoms with E-state index < -0.39 is 23.2 Å². The minimum absolute atomic E-state index is 0.00611. The molecule has 4 aromatic rings. The molecule has 8 nitrogen and oxygen atoms in total. The number of likely N-dealkylation sites (N-methyl/N-ethyl adjacent to an activating group) is 1. The first-order chi connectivity index (χ1) is 16.9. The highest BCUT2D eigenvalue weighted by atomic mass is 19.3. The second kappa shape index (κ2) is 9.38. The Kier molecular flexibility index (Phi) is 6.12. The van der Waals surface area contributed by atoms with E-state index >= 15 is 0 Å². The maximum absolute atomic E-state index is 12.8. The van der Waals surface area contributed by atoms with Gasteiger partial charge in [0.05, 0.1) is 0 Å². The summed E-state index contributed by atoms with van der Waals surface area (Å²) in [5.41, 5.74) is 2.06. The third-order valence-corrected chi connectivity index (χ3v) is 6.19. The average Bonchev–Trinajstić information content (AvgIpc) is 3.38. The van der Waals surface area contributed by atoms with Crippen LogP contribution in [0.3, 0.4) is 0 Å². The normalized spacial score (nSPS) is 14.7. The molecular weight excluding hydrogens is 456 g/mol. The molecule has 0 radical (unpaired) electrons. The molecule has 1 aromatic heterocycles. The molecule has 3 aromatic carbocycles. The topological polar surface area (TPSA) is 82.8 Å². The van der Waals surface area contributed by atoms with Gasteiger partial charge in [-0.15, -0.1) is 10.2 Å². The number of rotatable bonds is 7. The van der Waals surface area contributed by atoms with Crippen molar-refractivity contribution in [1.29, 1.82) is 0 Å². The summed E-state index contributed by atoms with van der Waals surface area (Å²) >= 11 is 0. The minimum atomic E-state index is -2.83. The van der Waals surface area contributed by atoms with Crippen LogP contribution >= 0.6 is 0 Å². The second-order valence-corrected chi connectivity index (χ2v) is 8.51. The second-order valence-electron chi connectivity index (χ2n) is 8.51. The summed E-state index contributed by atoms with van der Waals surface area (Å²) < 4.78 is 30.5. The quantitative estimate of drug-likeness (QED) is 0.373. The van der Waals surface area contributed by atoms with Crippen molar-refractivity contribution in [2.24, 2.45) is 0 Å². The van der Waals surface area contributed by atoms with Gasteiger partial charge in [0.1, 0.15) is 11.4 Å². The smallest absolute Gasteiger partial charge is 0.314 e. The van der Waals surface area contributed by atoms with E-state index in [1.165, 1.54) is 0 Å². The van der Waals surface area contributed by atoms with Gasteiger partial charge in [0.25, 0.3) is 16.7 Å². The van der Waals surface area contributed by atoms with Gasteiger partial charge in [-0.1, -0.05) is 30.3 Å². The minimum Gasteiger partial charge on any atom is -0.415 e.